The summed E-state index contributed by atoms with van der Waals surface area (Å²) >= 11 is 1.41. The molecule has 0 aliphatic carbocycles. The molecule has 0 aliphatic rings. The van der Waals surface area contributed by atoms with Crippen LogP contribution in [0.15, 0.2) is 59.4 Å². The number of hydrogen-bond donors (Lipinski definition) is 1. The first kappa shape index (κ1) is 19.0. The summed E-state index contributed by atoms with van der Waals surface area (Å²) in [7, 11) is 0. The lowest BCUT2D eigenvalue weighted by Crippen LogP contribution is -2.34. The molecule has 0 aliphatic heterocycles. The Morgan fingerprint density at radius 1 is 1.10 bits per heavy atom. The number of aryl methyl sites for hydroxylation is 2. The predicted octanol–water partition coefficient (Wildman–Crippen LogP) is 4.34. The number of aromatic nitrogens is 3. The van der Waals surface area contributed by atoms with Gasteiger partial charge < -0.3 is 5.32 Å². The molecule has 2 heterocycles. The van der Waals surface area contributed by atoms with E-state index in [9.17, 15) is 9.59 Å². The van der Waals surface area contributed by atoms with Gasteiger partial charge in [-0.05, 0) is 49.6 Å². The van der Waals surface area contributed by atoms with Crippen LogP contribution in [-0.4, -0.2) is 20.9 Å². The van der Waals surface area contributed by atoms with Crippen LogP contribution in [0.5, 0.6) is 0 Å². The van der Waals surface area contributed by atoms with Crippen molar-refractivity contribution in [2.24, 2.45) is 0 Å². The third-order valence-corrected chi connectivity index (χ3v) is 5.91. The van der Waals surface area contributed by atoms with E-state index >= 15 is 0 Å². The molecule has 146 valence electrons. The number of thiophene rings is 1. The molecule has 6 nitrogen and oxygen atoms in total. The van der Waals surface area contributed by atoms with Crippen molar-refractivity contribution in [3.63, 3.8) is 0 Å². The Kier molecular flexibility index (Phi) is 4.98. The van der Waals surface area contributed by atoms with Crippen LogP contribution in [0, 0.1) is 13.8 Å². The largest absolute Gasteiger partial charge is 0.324 e. The second-order valence-electron chi connectivity index (χ2n) is 7.02. The van der Waals surface area contributed by atoms with Gasteiger partial charge in [0.05, 0.1) is 5.39 Å². The first-order chi connectivity index (χ1) is 13.9. The Hall–Kier alpha value is -3.32. The summed E-state index contributed by atoms with van der Waals surface area (Å²) in [4.78, 5) is 27.2. The minimum atomic E-state index is -0.792. The fourth-order valence-electron chi connectivity index (χ4n) is 3.08. The maximum atomic E-state index is 13.0. The summed E-state index contributed by atoms with van der Waals surface area (Å²) in [5, 5.41) is 11.6. The zero-order valence-corrected chi connectivity index (χ0v) is 17.2. The van der Waals surface area contributed by atoms with Gasteiger partial charge in [0.1, 0.15) is 6.04 Å². The molecule has 0 spiro atoms. The standard InChI is InChI=1S/C22H20N4O2S/c1-13-9-10-14(2)18(11-13)23-20(27)15(3)26-22(28)17-12-19(29-21(17)24-25-26)16-7-5-4-6-8-16/h4-12,15H,1-3H3,(H,23,27)/t15-/m0/s1. The van der Waals surface area contributed by atoms with Crippen LogP contribution in [-0.2, 0) is 4.79 Å². The van der Waals surface area contributed by atoms with E-state index in [1.807, 2.05) is 68.4 Å². The van der Waals surface area contributed by atoms with Gasteiger partial charge in [-0.25, -0.2) is 0 Å². The van der Waals surface area contributed by atoms with E-state index in [-0.39, 0.29) is 11.5 Å². The van der Waals surface area contributed by atoms with E-state index in [4.69, 9.17) is 0 Å². The first-order valence-corrected chi connectivity index (χ1v) is 10.1. The van der Waals surface area contributed by atoms with E-state index in [0.29, 0.717) is 10.2 Å². The minimum Gasteiger partial charge on any atom is -0.324 e. The smallest absolute Gasteiger partial charge is 0.279 e. The highest BCUT2D eigenvalue weighted by molar-refractivity contribution is 7.21. The number of amides is 1. The van der Waals surface area contributed by atoms with Crippen LogP contribution in [0.1, 0.15) is 24.1 Å². The van der Waals surface area contributed by atoms with Gasteiger partial charge in [0.2, 0.25) is 5.91 Å². The van der Waals surface area contributed by atoms with E-state index in [1.54, 1.807) is 6.92 Å². The number of benzene rings is 2. The third kappa shape index (κ3) is 3.69. The molecule has 0 unspecified atom stereocenters. The first-order valence-electron chi connectivity index (χ1n) is 9.26. The molecule has 1 N–H and O–H groups in total. The second-order valence-corrected chi connectivity index (χ2v) is 8.05. The minimum absolute atomic E-state index is 0.312. The topological polar surface area (TPSA) is 76.9 Å². The van der Waals surface area contributed by atoms with Crippen LogP contribution in [0.3, 0.4) is 0 Å². The molecule has 0 radical (unpaired) electrons. The maximum Gasteiger partial charge on any atom is 0.279 e. The van der Waals surface area contributed by atoms with Crippen molar-refractivity contribution in [1.29, 1.82) is 0 Å². The number of nitrogens with zero attached hydrogens (tertiary/aromatic N) is 3. The quantitative estimate of drug-likeness (QED) is 0.549. The molecule has 29 heavy (non-hydrogen) atoms. The van der Waals surface area contributed by atoms with E-state index in [0.717, 1.165) is 31.9 Å². The number of carbonyl (C=O) groups is 1. The van der Waals surface area contributed by atoms with Crippen LogP contribution in [0.2, 0.25) is 0 Å². The molecule has 1 amide bonds. The van der Waals surface area contributed by atoms with Gasteiger partial charge in [0.25, 0.3) is 5.56 Å². The Balaban J connectivity index is 1.66. The molecule has 0 saturated heterocycles. The van der Waals surface area contributed by atoms with Crippen LogP contribution >= 0.6 is 11.3 Å². The lowest BCUT2D eigenvalue weighted by Gasteiger charge is -2.15. The van der Waals surface area contributed by atoms with Crippen molar-refractivity contribution in [2.75, 3.05) is 5.32 Å². The summed E-state index contributed by atoms with van der Waals surface area (Å²) in [6, 6.07) is 16.7. The molecule has 2 aromatic carbocycles. The Labute approximate surface area is 171 Å². The summed E-state index contributed by atoms with van der Waals surface area (Å²) in [6.45, 7) is 5.53. The van der Waals surface area contributed by atoms with E-state index < -0.39 is 6.04 Å². The monoisotopic (exact) mass is 404 g/mol. The average Bonchev–Trinajstić information content (AvgIpc) is 3.16. The highest BCUT2D eigenvalue weighted by Gasteiger charge is 2.21. The van der Waals surface area contributed by atoms with E-state index in [2.05, 4.69) is 15.6 Å². The lowest BCUT2D eigenvalue weighted by molar-refractivity contribution is -0.119. The van der Waals surface area contributed by atoms with Gasteiger partial charge in [-0.2, -0.15) is 4.68 Å². The number of hydrogen-bond acceptors (Lipinski definition) is 5. The van der Waals surface area contributed by atoms with Crippen molar-refractivity contribution in [2.45, 2.75) is 26.8 Å². The number of nitrogens with one attached hydrogen (secondary N) is 1. The van der Waals surface area contributed by atoms with Gasteiger partial charge in [-0.1, -0.05) is 47.7 Å². The molecule has 0 saturated carbocycles. The number of rotatable bonds is 4. The van der Waals surface area contributed by atoms with Gasteiger partial charge in [0.15, 0.2) is 4.83 Å². The molecule has 0 bridgehead atoms. The summed E-state index contributed by atoms with van der Waals surface area (Å²) in [5.41, 5.74) is 3.42. The number of fused-ring (bicyclic) bond motifs is 1. The molecule has 4 rings (SSSR count). The van der Waals surface area contributed by atoms with Gasteiger partial charge >= 0.3 is 0 Å². The van der Waals surface area contributed by atoms with Crippen molar-refractivity contribution >= 4 is 33.1 Å². The number of anilines is 1. The summed E-state index contributed by atoms with van der Waals surface area (Å²) in [5.74, 6) is -0.312. The highest BCUT2D eigenvalue weighted by Crippen LogP contribution is 2.30. The Morgan fingerprint density at radius 2 is 1.86 bits per heavy atom. The molecule has 7 heteroatoms. The SMILES string of the molecule is Cc1ccc(C)c(NC(=O)[C@H](C)n2nnc3sc(-c4ccccc4)cc3c2=O)c1. The van der Waals surface area contributed by atoms with Crippen LogP contribution in [0.25, 0.3) is 20.7 Å². The lowest BCUT2D eigenvalue weighted by atomic mass is 10.1. The molecular weight excluding hydrogens is 384 g/mol. The zero-order valence-electron chi connectivity index (χ0n) is 16.3. The van der Waals surface area contributed by atoms with Crippen molar-refractivity contribution in [3.05, 3.63) is 76.1 Å². The zero-order chi connectivity index (χ0) is 20.5. The Bertz CT molecular complexity index is 1260. The van der Waals surface area contributed by atoms with Crippen molar-refractivity contribution in [3.8, 4) is 10.4 Å². The second kappa shape index (κ2) is 7.60. The molecule has 4 aromatic rings. The predicted molar refractivity (Wildman–Crippen MR) is 116 cm³/mol. The molecular formula is C22H20N4O2S. The van der Waals surface area contributed by atoms with Gasteiger partial charge in [0, 0.05) is 10.6 Å². The molecule has 0 fully saturated rings. The van der Waals surface area contributed by atoms with Crippen LogP contribution < -0.4 is 10.9 Å². The summed E-state index contributed by atoms with van der Waals surface area (Å²) < 4.78 is 1.14. The van der Waals surface area contributed by atoms with Gasteiger partial charge in [-0.15, -0.1) is 16.4 Å². The van der Waals surface area contributed by atoms with E-state index in [1.165, 1.54) is 11.3 Å². The van der Waals surface area contributed by atoms with Gasteiger partial charge in [-0.3, -0.25) is 9.59 Å². The fourth-order valence-corrected chi connectivity index (χ4v) is 4.05. The third-order valence-electron chi connectivity index (χ3n) is 4.84. The maximum absolute atomic E-state index is 13.0. The normalized spacial score (nSPS) is 12.1. The molecule has 2 aromatic heterocycles. The Morgan fingerprint density at radius 3 is 2.62 bits per heavy atom. The fraction of sp³-hybridized carbons (Fsp3) is 0.182. The average molecular weight is 404 g/mol. The summed E-state index contributed by atoms with van der Waals surface area (Å²) in [6.07, 6.45) is 0. The van der Waals surface area contributed by atoms with Crippen molar-refractivity contribution in [1.82, 2.24) is 15.0 Å². The molecule has 1 atom stereocenters. The highest BCUT2D eigenvalue weighted by atomic mass is 32.1. The van der Waals surface area contributed by atoms with Crippen LogP contribution in [0.4, 0.5) is 5.69 Å². The van der Waals surface area contributed by atoms with Crippen molar-refractivity contribution < 1.29 is 4.79 Å². The number of carbonyl (C=O) groups excluding carboxylic acids is 1.